The zero-order valence-electron chi connectivity index (χ0n) is 10.2. The maximum atomic E-state index is 10.9. The molecule has 4 heteroatoms. The molecule has 0 saturated carbocycles. The topological polar surface area (TPSA) is 43.1 Å². The number of alkyl halides is 1. The number of nitrogens with zero attached hydrogens (tertiary/aromatic N) is 1. The van der Waals surface area contributed by atoms with Crippen LogP contribution in [0.25, 0.3) is 0 Å². The molecule has 0 N–H and O–H groups in total. The monoisotopic (exact) mass is 299 g/mol. The number of para-hydroxylation sites is 1. The van der Waals surface area contributed by atoms with Crippen molar-refractivity contribution in [2.24, 2.45) is 5.92 Å². The molecule has 0 heterocycles. The van der Waals surface area contributed by atoms with Crippen LogP contribution in [0, 0.1) is 16.0 Å². The van der Waals surface area contributed by atoms with Gasteiger partial charge in [-0.3, -0.25) is 10.1 Å². The molecule has 0 fully saturated rings. The summed E-state index contributed by atoms with van der Waals surface area (Å²) in [6.45, 7) is 4.31. The number of rotatable bonds is 6. The summed E-state index contributed by atoms with van der Waals surface area (Å²) in [7, 11) is 0. The zero-order chi connectivity index (χ0) is 12.8. The van der Waals surface area contributed by atoms with Gasteiger partial charge in [0, 0.05) is 16.5 Å². The standard InChI is InChI=1S/C13H18BrNO2/c1-3-10(4-2)12(14)9-11-7-5-6-8-13(11)15(16)17/h5-8,10,12H,3-4,9H2,1-2H3. The van der Waals surface area contributed by atoms with Crippen LogP contribution in [0.4, 0.5) is 5.69 Å². The lowest BCUT2D eigenvalue weighted by Crippen LogP contribution is -2.16. The molecule has 94 valence electrons. The van der Waals surface area contributed by atoms with Crippen molar-refractivity contribution >= 4 is 21.6 Å². The van der Waals surface area contributed by atoms with Crippen molar-refractivity contribution in [2.75, 3.05) is 0 Å². The van der Waals surface area contributed by atoms with Crippen LogP contribution in [0.15, 0.2) is 24.3 Å². The zero-order valence-corrected chi connectivity index (χ0v) is 11.8. The van der Waals surface area contributed by atoms with Gasteiger partial charge in [0.15, 0.2) is 0 Å². The van der Waals surface area contributed by atoms with Crippen LogP contribution in [0.2, 0.25) is 0 Å². The Morgan fingerprint density at radius 2 is 1.88 bits per heavy atom. The second-order valence-electron chi connectivity index (χ2n) is 4.18. The van der Waals surface area contributed by atoms with Crippen LogP contribution < -0.4 is 0 Å². The van der Waals surface area contributed by atoms with E-state index in [0.717, 1.165) is 18.4 Å². The normalized spacial score (nSPS) is 12.7. The van der Waals surface area contributed by atoms with Gasteiger partial charge < -0.3 is 0 Å². The fourth-order valence-corrected chi connectivity index (χ4v) is 3.13. The third-order valence-corrected chi connectivity index (χ3v) is 4.23. The Balaban J connectivity index is 2.84. The fraction of sp³-hybridized carbons (Fsp3) is 0.538. The summed E-state index contributed by atoms with van der Waals surface area (Å²) in [5, 5.41) is 10.9. The second-order valence-corrected chi connectivity index (χ2v) is 5.36. The molecule has 0 bridgehead atoms. The number of nitro benzene ring substituents is 1. The van der Waals surface area contributed by atoms with E-state index in [1.807, 2.05) is 12.1 Å². The van der Waals surface area contributed by atoms with E-state index in [2.05, 4.69) is 29.8 Å². The van der Waals surface area contributed by atoms with E-state index in [-0.39, 0.29) is 10.6 Å². The van der Waals surface area contributed by atoms with Crippen molar-refractivity contribution < 1.29 is 4.92 Å². The maximum absolute atomic E-state index is 10.9. The van der Waals surface area contributed by atoms with E-state index in [0.29, 0.717) is 17.2 Å². The molecule has 0 radical (unpaired) electrons. The minimum Gasteiger partial charge on any atom is -0.258 e. The molecule has 0 spiro atoms. The van der Waals surface area contributed by atoms with Crippen molar-refractivity contribution in [1.29, 1.82) is 0 Å². The Morgan fingerprint density at radius 1 is 1.29 bits per heavy atom. The average molecular weight is 300 g/mol. The van der Waals surface area contributed by atoms with E-state index in [1.54, 1.807) is 12.1 Å². The quantitative estimate of drug-likeness (QED) is 0.445. The van der Waals surface area contributed by atoms with Crippen molar-refractivity contribution in [1.82, 2.24) is 0 Å². The SMILES string of the molecule is CCC(CC)C(Br)Cc1ccccc1[N+](=O)[O-]. The first kappa shape index (κ1) is 14.2. The molecule has 0 aromatic heterocycles. The van der Waals surface area contributed by atoms with Crippen molar-refractivity contribution in [3.8, 4) is 0 Å². The molecule has 0 saturated heterocycles. The first-order chi connectivity index (χ1) is 8.10. The minimum absolute atomic E-state index is 0.225. The first-order valence-corrected chi connectivity index (χ1v) is 6.88. The third-order valence-electron chi connectivity index (χ3n) is 3.16. The first-order valence-electron chi connectivity index (χ1n) is 5.96. The predicted octanol–water partition coefficient (Wildman–Crippen LogP) is 4.34. The van der Waals surface area contributed by atoms with E-state index in [1.165, 1.54) is 0 Å². The summed E-state index contributed by atoms with van der Waals surface area (Å²) in [5.41, 5.74) is 1.04. The summed E-state index contributed by atoms with van der Waals surface area (Å²) < 4.78 is 0. The third kappa shape index (κ3) is 3.80. The van der Waals surface area contributed by atoms with Crippen LogP contribution in [-0.4, -0.2) is 9.75 Å². The van der Waals surface area contributed by atoms with Gasteiger partial charge in [-0.15, -0.1) is 0 Å². The van der Waals surface area contributed by atoms with Gasteiger partial charge in [0.2, 0.25) is 0 Å². The van der Waals surface area contributed by atoms with Crippen molar-refractivity contribution in [3.63, 3.8) is 0 Å². The summed E-state index contributed by atoms with van der Waals surface area (Å²) in [4.78, 5) is 10.9. The number of hydrogen-bond donors (Lipinski definition) is 0. The maximum Gasteiger partial charge on any atom is 0.272 e. The summed E-state index contributed by atoms with van der Waals surface area (Å²) >= 11 is 3.66. The summed E-state index contributed by atoms with van der Waals surface area (Å²) in [5.74, 6) is 0.565. The Morgan fingerprint density at radius 3 is 2.41 bits per heavy atom. The highest BCUT2D eigenvalue weighted by Gasteiger charge is 2.20. The van der Waals surface area contributed by atoms with E-state index < -0.39 is 0 Å². The van der Waals surface area contributed by atoms with Gasteiger partial charge in [-0.1, -0.05) is 60.8 Å². The molecule has 1 atom stereocenters. The van der Waals surface area contributed by atoms with Crippen LogP contribution in [0.1, 0.15) is 32.3 Å². The molecule has 17 heavy (non-hydrogen) atoms. The van der Waals surface area contributed by atoms with Gasteiger partial charge in [-0.25, -0.2) is 0 Å². The molecule has 1 aromatic carbocycles. The Kier molecular flexibility index (Phi) is 5.62. The molecule has 1 unspecified atom stereocenters. The predicted molar refractivity (Wildman–Crippen MR) is 73.6 cm³/mol. The van der Waals surface area contributed by atoms with Gasteiger partial charge in [0.25, 0.3) is 5.69 Å². The van der Waals surface area contributed by atoms with Crippen molar-refractivity contribution in [2.45, 2.75) is 37.9 Å². The lowest BCUT2D eigenvalue weighted by atomic mass is 9.94. The molecule has 0 aliphatic rings. The minimum atomic E-state index is -0.304. The van der Waals surface area contributed by atoms with Gasteiger partial charge in [0.05, 0.1) is 4.92 Å². The van der Waals surface area contributed by atoms with Gasteiger partial charge in [-0.05, 0) is 12.3 Å². The lowest BCUT2D eigenvalue weighted by Gasteiger charge is -2.19. The van der Waals surface area contributed by atoms with Gasteiger partial charge in [-0.2, -0.15) is 0 Å². The molecule has 0 aliphatic heterocycles. The van der Waals surface area contributed by atoms with E-state index in [4.69, 9.17) is 0 Å². The molecule has 0 amide bonds. The molecule has 1 aromatic rings. The summed E-state index contributed by atoms with van der Waals surface area (Å²) in [6, 6.07) is 6.98. The largest absolute Gasteiger partial charge is 0.272 e. The summed E-state index contributed by atoms with van der Waals surface area (Å²) in [6.07, 6.45) is 2.89. The van der Waals surface area contributed by atoms with E-state index >= 15 is 0 Å². The highest BCUT2D eigenvalue weighted by molar-refractivity contribution is 9.09. The Labute approximate surface area is 111 Å². The number of halogens is 1. The highest BCUT2D eigenvalue weighted by Crippen LogP contribution is 2.27. The van der Waals surface area contributed by atoms with Gasteiger partial charge >= 0.3 is 0 Å². The van der Waals surface area contributed by atoms with Crippen molar-refractivity contribution in [3.05, 3.63) is 39.9 Å². The second kappa shape index (κ2) is 6.74. The Hall–Kier alpha value is -0.900. The van der Waals surface area contributed by atoms with Crippen LogP contribution in [0.3, 0.4) is 0 Å². The molecular formula is C13H18BrNO2. The fourth-order valence-electron chi connectivity index (χ4n) is 2.04. The van der Waals surface area contributed by atoms with Gasteiger partial charge in [0.1, 0.15) is 0 Å². The van der Waals surface area contributed by atoms with E-state index in [9.17, 15) is 10.1 Å². The molecule has 0 aliphatic carbocycles. The van der Waals surface area contributed by atoms with Crippen LogP contribution >= 0.6 is 15.9 Å². The number of benzene rings is 1. The molecule has 1 rings (SSSR count). The highest BCUT2D eigenvalue weighted by atomic mass is 79.9. The smallest absolute Gasteiger partial charge is 0.258 e. The Bertz CT molecular complexity index is 377. The molecule has 3 nitrogen and oxygen atoms in total. The number of nitro groups is 1. The van der Waals surface area contributed by atoms with Crippen LogP contribution in [-0.2, 0) is 6.42 Å². The average Bonchev–Trinajstić information content (AvgIpc) is 2.31. The lowest BCUT2D eigenvalue weighted by molar-refractivity contribution is -0.385. The van der Waals surface area contributed by atoms with Crippen LogP contribution in [0.5, 0.6) is 0 Å². The molecular weight excluding hydrogens is 282 g/mol. The number of hydrogen-bond acceptors (Lipinski definition) is 2.